The molecule has 2 aromatic heterocycles. The molecule has 0 saturated carbocycles. The van der Waals surface area contributed by atoms with Crippen LogP contribution < -0.4 is 0 Å². The molecule has 0 spiro atoms. The van der Waals surface area contributed by atoms with Crippen molar-refractivity contribution in [2.75, 3.05) is 0 Å². The zero-order valence-corrected chi connectivity index (χ0v) is 13.2. The number of nitrogens with zero attached hydrogens (tertiary/aromatic N) is 2. The molecule has 0 atom stereocenters. The van der Waals surface area contributed by atoms with Gasteiger partial charge >= 0.3 is 6.18 Å². The molecule has 2 N–H and O–H groups in total. The molecule has 0 unspecified atom stereocenters. The van der Waals surface area contributed by atoms with Gasteiger partial charge in [-0.05, 0) is 31.3 Å². The highest BCUT2D eigenvalue weighted by Gasteiger charge is 2.32. The Balaban J connectivity index is 2.29. The molecule has 4 nitrogen and oxygen atoms in total. The van der Waals surface area contributed by atoms with Crippen molar-refractivity contribution in [1.82, 2.24) is 19.7 Å². The van der Waals surface area contributed by atoms with Crippen LogP contribution in [0.4, 0.5) is 13.2 Å². The van der Waals surface area contributed by atoms with Crippen LogP contribution in [0.3, 0.4) is 0 Å². The highest BCUT2D eigenvalue weighted by Crippen LogP contribution is 2.38. The monoisotopic (exact) mass is 366 g/mol. The summed E-state index contributed by atoms with van der Waals surface area (Å²) in [6, 6.07) is 1.62. The summed E-state index contributed by atoms with van der Waals surface area (Å²) in [5.41, 5.74) is 0.950. The van der Waals surface area contributed by atoms with E-state index in [1.807, 2.05) is 0 Å². The minimum atomic E-state index is -4.53. The van der Waals surface area contributed by atoms with Crippen molar-refractivity contribution in [3.63, 3.8) is 0 Å². The van der Waals surface area contributed by atoms with Gasteiger partial charge < -0.3 is 9.97 Å². The number of aromatic nitrogens is 4. The lowest BCUT2D eigenvalue weighted by Crippen LogP contribution is -2.07. The second-order valence-corrected chi connectivity index (χ2v) is 5.81. The summed E-state index contributed by atoms with van der Waals surface area (Å²) in [6.45, 7) is 1.73. The van der Waals surface area contributed by atoms with Gasteiger partial charge in [-0.25, -0.2) is 4.68 Å². The number of hydrogen-bond acceptors (Lipinski definition) is 2. The number of hydrogen-bond donors (Lipinski definition) is 2. The fourth-order valence-electron chi connectivity index (χ4n) is 2.14. The molecular formula is C12H7Cl2F3N4S. The number of H-pyrrole nitrogens is 2. The standard InChI is InChI=1S/C12H7Cl2F3N4S/c1-4-8-10(19-11(22)18-8)21(20-4)9-6(13)2-5(3-7(9)14)12(15,16)17/h2-3H,1H3,(H2,18,19,22). The molecule has 0 aliphatic carbocycles. The van der Waals surface area contributed by atoms with Gasteiger partial charge in [-0.1, -0.05) is 23.2 Å². The topological polar surface area (TPSA) is 49.4 Å². The highest BCUT2D eigenvalue weighted by molar-refractivity contribution is 7.71. The van der Waals surface area contributed by atoms with Crippen LogP contribution in [0.25, 0.3) is 16.9 Å². The van der Waals surface area contributed by atoms with Crippen LogP contribution in [0.5, 0.6) is 0 Å². The summed E-state index contributed by atoms with van der Waals surface area (Å²) in [6.07, 6.45) is -4.53. The summed E-state index contributed by atoms with van der Waals surface area (Å²) < 4.78 is 40.0. The van der Waals surface area contributed by atoms with E-state index in [0.29, 0.717) is 21.6 Å². The largest absolute Gasteiger partial charge is 0.416 e. The molecule has 0 fully saturated rings. The molecule has 2 heterocycles. The molecule has 0 aliphatic heterocycles. The molecule has 0 radical (unpaired) electrons. The quantitative estimate of drug-likeness (QED) is 0.592. The van der Waals surface area contributed by atoms with Gasteiger partial charge in [0.25, 0.3) is 0 Å². The summed E-state index contributed by atoms with van der Waals surface area (Å²) >= 11 is 17.0. The molecule has 0 aliphatic rings. The number of aromatic amines is 2. The Labute approximate surface area is 136 Å². The maximum Gasteiger partial charge on any atom is 0.416 e. The minimum absolute atomic E-state index is 0.152. The van der Waals surface area contributed by atoms with Gasteiger partial charge in [0.2, 0.25) is 0 Å². The zero-order valence-electron chi connectivity index (χ0n) is 10.8. The van der Waals surface area contributed by atoms with Crippen molar-refractivity contribution in [2.24, 2.45) is 0 Å². The average molecular weight is 367 g/mol. The van der Waals surface area contributed by atoms with Crippen molar-refractivity contribution in [1.29, 1.82) is 0 Å². The predicted octanol–water partition coefficient (Wildman–Crippen LogP) is 5.05. The SMILES string of the molecule is Cc1nn(-c2c(Cl)cc(C(F)(F)F)cc2Cl)c2[nH]c(=S)[nH]c12. The normalized spacial score (nSPS) is 12.3. The number of rotatable bonds is 1. The molecule has 0 amide bonds. The van der Waals surface area contributed by atoms with Gasteiger partial charge in [0.05, 0.1) is 21.3 Å². The first-order valence-corrected chi connectivity index (χ1v) is 7.09. The third-order valence-electron chi connectivity index (χ3n) is 3.09. The van der Waals surface area contributed by atoms with Crippen LogP contribution in [0.2, 0.25) is 10.0 Å². The Hall–Kier alpha value is -1.51. The van der Waals surface area contributed by atoms with Crippen molar-refractivity contribution in [2.45, 2.75) is 13.1 Å². The van der Waals surface area contributed by atoms with Crippen LogP contribution in [-0.4, -0.2) is 19.7 Å². The van der Waals surface area contributed by atoms with Gasteiger partial charge in [-0.15, -0.1) is 0 Å². The lowest BCUT2D eigenvalue weighted by molar-refractivity contribution is -0.137. The number of aryl methyl sites for hydroxylation is 1. The highest BCUT2D eigenvalue weighted by atomic mass is 35.5. The van der Waals surface area contributed by atoms with Gasteiger partial charge in [-0.3, -0.25) is 0 Å². The van der Waals surface area contributed by atoms with Gasteiger partial charge in [-0.2, -0.15) is 18.3 Å². The molecule has 3 aromatic rings. The summed E-state index contributed by atoms with van der Waals surface area (Å²) in [7, 11) is 0. The fraction of sp³-hybridized carbons (Fsp3) is 0.167. The Kier molecular flexibility index (Phi) is 3.50. The van der Waals surface area contributed by atoms with E-state index in [1.54, 1.807) is 6.92 Å². The lowest BCUT2D eigenvalue weighted by Gasteiger charge is -2.12. The Morgan fingerprint density at radius 2 is 1.77 bits per heavy atom. The number of benzene rings is 1. The number of alkyl halides is 3. The molecule has 116 valence electrons. The molecule has 10 heteroatoms. The molecule has 22 heavy (non-hydrogen) atoms. The van der Waals surface area contributed by atoms with Crippen LogP contribution in [0.1, 0.15) is 11.3 Å². The molecule has 0 saturated heterocycles. The number of imidazole rings is 1. The first-order valence-electron chi connectivity index (χ1n) is 5.92. The maximum atomic E-state index is 12.8. The van der Waals surface area contributed by atoms with E-state index in [9.17, 15) is 13.2 Å². The van der Waals surface area contributed by atoms with E-state index in [4.69, 9.17) is 35.4 Å². The third kappa shape index (κ3) is 2.41. The summed E-state index contributed by atoms with van der Waals surface area (Å²) in [5.74, 6) is 0. The van der Waals surface area contributed by atoms with E-state index in [2.05, 4.69) is 15.1 Å². The van der Waals surface area contributed by atoms with E-state index < -0.39 is 11.7 Å². The number of fused-ring (bicyclic) bond motifs is 1. The van der Waals surface area contributed by atoms with Gasteiger partial charge in [0.1, 0.15) is 11.2 Å². The van der Waals surface area contributed by atoms with Crippen molar-refractivity contribution in [3.05, 3.63) is 38.2 Å². The van der Waals surface area contributed by atoms with Gasteiger partial charge in [0, 0.05) is 0 Å². The average Bonchev–Trinajstić information content (AvgIpc) is 2.88. The predicted molar refractivity (Wildman–Crippen MR) is 80.4 cm³/mol. The van der Waals surface area contributed by atoms with Crippen LogP contribution >= 0.6 is 35.4 Å². The maximum absolute atomic E-state index is 12.8. The van der Waals surface area contributed by atoms with Crippen molar-refractivity contribution < 1.29 is 13.2 Å². The van der Waals surface area contributed by atoms with E-state index >= 15 is 0 Å². The van der Waals surface area contributed by atoms with E-state index in [0.717, 1.165) is 12.1 Å². The molecular weight excluding hydrogens is 360 g/mol. The molecule has 0 bridgehead atoms. The zero-order chi connectivity index (χ0) is 16.2. The van der Waals surface area contributed by atoms with E-state index in [1.165, 1.54) is 4.68 Å². The molecule has 1 aromatic carbocycles. The summed E-state index contributed by atoms with van der Waals surface area (Å²) in [4.78, 5) is 5.77. The molecule has 3 rings (SSSR count). The lowest BCUT2D eigenvalue weighted by atomic mass is 10.2. The Morgan fingerprint density at radius 3 is 2.32 bits per heavy atom. The second kappa shape index (κ2) is 5.00. The van der Waals surface area contributed by atoms with Crippen molar-refractivity contribution in [3.8, 4) is 5.69 Å². The Bertz CT molecular complexity index is 915. The minimum Gasteiger partial charge on any atom is -0.328 e. The number of halogens is 5. The number of nitrogens with one attached hydrogen (secondary N) is 2. The third-order valence-corrected chi connectivity index (χ3v) is 3.87. The van der Waals surface area contributed by atoms with Crippen LogP contribution in [0.15, 0.2) is 12.1 Å². The first-order chi connectivity index (χ1) is 10.2. The fourth-order valence-corrected chi connectivity index (χ4v) is 2.98. The van der Waals surface area contributed by atoms with Crippen molar-refractivity contribution >= 4 is 46.6 Å². The van der Waals surface area contributed by atoms with Crippen LogP contribution in [-0.2, 0) is 6.18 Å². The van der Waals surface area contributed by atoms with Crippen LogP contribution in [0, 0.1) is 11.7 Å². The smallest absolute Gasteiger partial charge is 0.328 e. The first kappa shape index (κ1) is 15.4. The van der Waals surface area contributed by atoms with Gasteiger partial charge in [0.15, 0.2) is 10.4 Å². The van der Waals surface area contributed by atoms with E-state index in [-0.39, 0.29) is 15.7 Å². The summed E-state index contributed by atoms with van der Waals surface area (Å²) in [5, 5.41) is 3.91. The second-order valence-electron chi connectivity index (χ2n) is 4.59. The Morgan fingerprint density at radius 1 is 1.18 bits per heavy atom.